The lowest BCUT2D eigenvalue weighted by atomic mass is 10.1. The largest absolute Gasteiger partial charge is 0.352 e. The molecule has 0 spiro atoms. The summed E-state index contributed by atoms with van der Waals surface area (Å²) in [5.41, 5.74) is 3.14. The molecule has 7 heteroatoms. The number of anilines is 2. The maximum atomic E-state index is 12.4. The number of aromatic nitrogens is 2. The number of benzene rings is 2. The quantitative estimate of drug-likeness (QED) is 0.512. The SMILES string of the molecule is Cc1ccc(C(=O)NCCCc2ccccc2)cc1NC(=O)Nc1cnccn1.[HH].[HH].[HH]. The van der Waals surface area contributed by atoms with Gasteiger partial charge in [-0.2, -0.15) is 0 Å². The van der Waals surface area contributed by atoms with E-state index in [-0.39, 0.29) is 10.2 Å². The van der Waals surface area contributed by atoms with Crippen molar-refractivity contribution >= 4 is 23.4 Å². The summed E-state index contributed by atoms with van der Waals surface area (Å²) in [6.45, 7) is 2.44. The molecule has 0 saturated heterocycles. The van der Waals surface area contributed by atoms with E-state index in [1.165, 1.54) is 24.2 Å². The van der Waals surface area contributed by atoms with Gasteiger partial charge in [0.15, 0.2) is 5.82 Å². The number of nitrogens with zero attached hydrogens (tertiary/aromatic N) is 2. The highest BCUT2D eigenvalue weighted by Gasteiger charge is 2.10. The van der Waals surface area contributed by atoms with Crippen LogP contribution in [-0.4, -0.2) is 28.5 Å². The molecule has 2 aromatic carbocycles. The van der Waals surface area contributed by atoms with Crippen molar-refractivity contribution in [3.8, 4) is 0 Å². The zero-order chi connectivity index (χ0) is 20.5. The number of urea groups is 1. The fourth-order valence-corrected chi connectivity index (χ4v) is 2.77. The molecule has 3 N–H and O–H groups in total. The molecule has 3 amide bonds. The van der Waals surface area contributed by atoms with Crippen LogP contribution in [0.2, 0.25) is 0 Å². The highest BCUT2D eigenvalue weighted by atomic mass is 16.2. The fraction of sp³-hybridized carbons (Fsp3) is 0.182. The van der Waals surface area contributed by atoms with E-state index in [0.29, 0.717) is 23.6 Å². The number of carbonyl (C=O) groups is 2. The number of hydrogen-bond acceptors (Lipinski definition) is 4. The van der Waals surface area contributed by atoms with Crippen molar-refractivity contribution in [2.45, 2.75) is 19.8 Å². The maximum Gasteiger partial charge on any atom is 0.324 e. The summed E-state index contributed by atoms with van der Waals surface area (Å²) < 4.78 is 0. The first-order valence-corrected chi connectivity index (χ1v) is 9.38. The van der Waals surface area contributed by atoms with Gasteiger partial charge in [0.05, 0.1) is 6.20 Å². The highest BCUT2D eigenvalue weighted by molar-refractivity contribution is 6.01. The van der Waals surface area contributed by atoms with Crippen LogP contribution in [0, 0.1) is 6.92 Å². The minimum atomic E-state index is -0.450. The lowest BCUT2D eigenvalue weighted by Gasteiger charge is -2.11. The number of nitrogens with one attached hydrogen (secondary N) is 3. The standard InChI is InChI=1S/C22H23N5O2.3H2/c1-16-9-10-18(21(28)25-11-5-8-17-6-3-2-4-7-17)14-19(16)26-22(29)27-20-15-23-12-13-24-20;;;/h2-4,6-7,9-10,12-15H,5,8,11H2,1H3,(H,25,28)(H2,24,26,27,29);3*1H. The van der Waals surface area contributed by atoms with Gasteiger partial charge in [-0.1, -0.05) is 36.4 Å². The average Bonchev–Trinajstić information content (AvgIpc) is 2.74. The van der Waals surface area contributed by atoms with E-state index in [9.17, 15) is 9.59 Å². The molecule has 0 bridgehead atoms. The predicted molar refractivity (Wildman–Crippen MR) is 119 cm³/mol. The van der Waals surface area contributed by atoms with Gasteiger partial charge in [0.2, 0.25) is 0 Å². The van der Waals surface area contributed by atoms with Crippen molar-refractivity contribution in [1.82, 2.24) is 15.3 Å². The molecule has 1 heterocycles. The zero-order valence-corrected chi connectivity index (χ0v) is 16.2. The Labute approximate surface area is 174 Å². The minimum absolute atomic E-state index is 0. The molecule has 7 nitrogen and oxygen atoms in total. The molecule has 154 valence electrons. The van der Waals surface area contributed by atoms with Gasteiger partial charge in [0, 0.05) is 34.5 Å². The summed E-state index contributed by atoms with van der Waals surface area (Å²) in [4.78, 5) is 32.5. The Kier molecular flexibility index (Phi) is 6.89. The van der Waals surface area contributed by atoms with Crippen LogP contribution < -0.4 is 16.0 Å². The Morgan fingerprint density at radius 2 is 1.86 bits per heavy atom. The second-order valence-electron chi connectivity index (χ2n) is 6.54. The van der Waals surface area contributed by atoms with Crippen molar-refractivity contribution in [3.63, 3.8) is 0 Å². The van der Waals surface area contributed by atoms with Gasteiger partial charge in [-0.25, -0.2) is 9.78 Å². The van der Waals surface area contributed by atoms with Gasteiger partial charge < -0.3 is 10.6 Å². The summed E-state index contributed by atoms with van der Waals surface area (Å²) in [5, 5.41) is 8.27. The van der Waals surface area contributed by atoms with Crippen LogP contribution in [0.5, 0.6) is 0 Å². The van der Waals surface area contributed by atoms with E-state index in [0.717, 1.165) is 18.4 Å². The van der Waals surface area contributed by atoms with E-state index in [2.05, 4.69) is 38.1 Å². The predicted octanol–water partition coefficient (Wildman–Crippen LogP) is 4.53. The monoisotopic (exact) mass is 395 g/mol. The van der Waals surface area contributed by atoms with Gasteiger partial charge >= 0.3 is 6.03 Å². The molecule has 0 aliphatic heterocycles. The van der Waals surface area contributed by atoms with E-state index in [1.54, 1.807) is 18.2 Å². The smallest absolute Gasteiger partial charge is 0.324 e. The number of amides is 3. The third-order valence-corrected chi connectivity index (χ3v) is 4.32. The molecule has 0 radical (unpaired) electrons. The summed E-state index contributed by atoms with van der Waals surface area (Å²) in [6.07, 6.45) is 6.22. The minimum Gasteiger partial charge on any atom is -0.352 e. The first kappa shape index (κ1) is 20.0. The van der Waals surface area contributed by atoms with Gasteiger partial charge in [-0.05, 0) is 43.0 Å². The van der Waals surface area contributed by atoms with Gasteiger partial charge in [0.25, 0.3) is 5.91 Å². The van der Waals surface area contributed by atoms with Crippen LogP contribution in [0.1, 0.15) is 32.2 Å². The van der Waals surface area contributed by atoms with Gasteiger partial charge in [0.1, 0.15) is 0 Å². The first-order chi connectivity index (χ1) is 14.1. The van der Waals surface area contributed by atoms with E-state index in [4.69, 9.17) is 0 Å². The summed E-state index contributed by atoms with van der Waals surface area (Å²) in [6, 6.07) is 14.9. The molecular formula is C22H29N5O2. The highest BCUT2D eigenvalue weighted by Crippen LogP contribution is 2.17. The Morgan fingerprint density at radius 3 is 2.62 bits per heavy atom. The van der Waals surface area contributed by atoms with Crippen molar-refractivity contribution < 1.29 is 13.9 Å². The molecule has 3 rings (SSSR count). The van der Waals surface area contributed by atoms with Crippen molar-refractivity contribution in [1.29, 1.82) is 0 Å². The molecule has 0 aliphatic carbocycles. The first-order valence-electron chi connectivity index (χ1n) is 9.38. The van der Waals surface area contributed by atoms with Crippen molar-refractivity contribution in [3.05, 3.63) is 83.8 Å². The second-order valence-corrected chi connectivity index (χ2v) is 6.54. The van der Waals surface area contributed by atoms with Crippen molar-refractivity contribution in [2.75, 3.05) is 17.2 Å². The average molecular weight is 396 g/mol. The third-order valence-electron chi connectivity index (χ3n) is 4.32. The van der Waals surface area contributed by atoms with E-state index in [1.807, 2.05) is 25.1 Å². The third kappa shape index (κ3) is 6.14. The molecule has 1 aromatic heterocycles. The summed E-state index contributed by atoms with van der Waals surface area (Å²) in [5.74, 6) is 0.172. The van der Waals surface area contributed by atoms with E-state index < -0.39 is 6.03 Å². The van der Waals surface area contributed by atoms with Crippen LogP contribution in [0.15, 0.2) is 67.1 Å². The lowest BCUT2D eigenvalue weighted by molar-refractivity contribution is 0.0953. The molecule has 0 aliphatic rings. The Morgan fingerprint density at radius 1 is 1.03 bits per heavy atom. The maximum absolute atomic E-state index is 12.4. The van der Waals surface area contributed by atoms with Crippen LogP contribution in [0.4, 0.5) is 16.3 Å². The fourth-order valence-electron chi connectivity index (χ4n) is 2.77. The second kappa shape index (κ2) is 9.98. The number of hydrogen-bond donors (Lipinski definition) is 3. The molecule has 3 aromatic rings. The van der Waals surface area contributed by atoms with Crippen LogP contribution in [-0.2, 0) is 6.42 Å². The van der Waals surface area contributed by atoms with E-state index >= 15 is 0 Å². The van der Waals surface area contributed by atoms with Gasteiger partial charge in [-0.3, -0.25) is 15.1 Å². The number of aryl methyl sites for hydroxylation is 2. The zero-order valence-electron chi connectivity index (χ0n) is 16.2. The summed E-state index contributed by atoms with van der Waals surface area (Å²) >= 11 is 0. The molecule has 0 unspecified atom stereocenters. The number of rotatable bonds is 7. The van der Waals surface area contributed by atoms with Gasteiger partial charge in [-0.15, -0.1) is 0 Å². The molecule has 0 saturated carbocycles. The summed E-state index contributed by atoms with van der Waals surface area (Å²) in [7, 11) is 0. The normalized spacial score (nSPS) is 10.2. The van der Waals surface area contributed by atoms with Crippen LogP contribution in [0.25, 0.3) is 0 Å². The Bertz CT molecular complexity index is 976. The Balaban J connectivity index is 0.00000320. The molecule has 0 fully saturated rings. The molecule has 0 atom stereocenters. The van der Waals surface area contributed by atoms with Crippen molar-refractivity contribution in [2.24, 2.45) is 0 Å². The van der Waals surface area contributed by atoms with Crippen LogP contribution in [0.3, 0.4) is 0 Å². The Hall–Kier alpha value is -3.74. The molecule has 29 heavy (non-hydrogen) atoms. The number of carbonyl (C=O) groups excluding carboxylic acids is 2. The lowest BCUT2D eigenvalue weighted by Crippen LogP contribution is -2.25. The van der Waals surface area contributed by atoms with Crippen LogP contribution >= 0.6 is 0 Å². The molecular weight excluding hydrogens is 366 g/mol. The topological polar surface area (TPSA) is 96.0 Å².